The van der Waals surface area contributed by atoms with Gasteiger partial charge in [-0.1, -0.05) is 0 Å². The van der Waals surface area contributed by atoms with Crippen molar-refractivity contribution in [1.82, 2.24) is 0 Å². The number of Topliss-reactive ketones (excluding diaryl/α,β-unsaturated/α-hetero) is 1. The molecule has 2 aliphatic heterocycles. The second-order valence-electron chi connectivity index (χ2n) is 9.97. The quantitative estimate of drug-likeness (QED) is 0.197. The predicted molar refractivity (Wildman–Crippen MR) is 139 cm³/mol. The number of rotatable bonds is 11. The maximum Gasteiger partial charge on any atom is 0.305 e. The van der Waals surface area contributed by atoms with Crippen LogP contribution in [0, 0.1) is 0 Å². The molecule has 10 atom stereocenters. The fourth-order valence-electron chi connectivity index (χ4n) is 4.67. The van der Waals surface area contributed by atoms with Crippen molar-refractivity contribution in [3.63, 3.8) is 0 Å². The van der Waals surface area contributed by atoms with Gasteiger partial charge in [-0.3, -0.25) is 38.4 Å². The number of ketones is 1. The van der Waals surface area contributed by atoms with Crippen LogP contribution in [0.3, 0.4) is 0 Å². The molecule has 0 radical (unpaired) electrons. The maximum absolute atomic E-state index is 12.6. The molecule has 0 aliphatic carbocycles. The molecule has 0 amide bonds. The third-order valence-corrected chi connectivity index (χ3v) is 6.01. The molecule has 0 bridgehead atoms. The molecular formula is C27H36O18. The van der Waals surface area contributed by atoms with Gasteiger partial charge in [0.25, 0.3) is 0 Å². The van der Waals surface area contributed by atoms with Crippen LogP contribution < -0.4 is 0 Å². The minimum atomic E-state index is -1.72. The SMILES string of the molecule is CC(=O)OC1C(OC(C)=O)[C@@H](COC2OC(C(C)=O)[C@@H](OC(C)=O)[C@H](OC(C)=O)[C@H]2OC(C)=O)O[C@@H](OC(C)=O)[C@@H]1OC(C)=O. The van der Waals surface area contributed by atoms with Crippen molar-refractivity contribution in [3.05, 3.63) is 0 Å². The Morgan fingerprint density at radius 1 is 0.422 bits per heavy atom. The van der Waals surface area contributed by atoms with Gasteiger partial charge in [0, 0.05) is 48.5 Å². The fraction of sp³-hybridized carbons (Fsp3) is 0.704. The van der Waals surface area contributed by atoms with E-state index in [9.17, 15) is 38.4 Å². The van der Waals surface area contributed by atoms with E-state index in [4.69, 9.17) is 47.4 Å². The van der Waals surface area contributed by atoms with E-state index in [1.165, 1.54) is 0 Å². The van der Waals surface area contributed by atoms with Crippen LogP contribution >= 0.6 is 0 Å². The Morgan fingerprint density at radius 3 is 1.20 bits per heavy atom. The van der Waals surface area contributed by atoms with Gasteiger partial charge in [-0.05, 0) is 6.92 Å². The Hall–Kier alpha value is -4.16. The molecule has 2 rings (SSSR count). The highest BCUT2D eigenvalue weighted by Gasteiger charge is 2.56. The largest absolute Gasteiger partial charge is 0.456 e. The summed E-state index contributed by atoms with van der Waals surface area (Å²) in [5, 5.41) is 0. The first-order valence-electron chi connectivity index (χ1n) is 13.5. The third-order valence-electron chi connectivity index (χ3n) is 6.01. The van der Waals surface area contributed by atoms with E-state index >= 15 is 0 Å². The molecule has 45 heavy (non-hydrogen) atoms. The lowest BCUT2D eigenvalue weighted by Gasteiger charge is -2.45. The number of ether oxygens (including phenoxy) is 10. The summed E-state index contributed by atoms with van der Waals surface area (Å²) < 4.78 is 54.2. The van der Waals surface area contributed by atoms with Crippen LogP contribution in [0.2, 0.25) is 0 Å². The van der Waals surface area contributed by atoms with E-state index in [0.717, 1.165) is 55.4 Å². The Balaban J connectivity index is 2.55. The summed E-state index contributed by atoms with van der Waals surface area (Å²) in [5.41, 5.74) is 0. The number of esters is 7. The monoisotopic (exact) mass is 648 g/mol. The molecule has 4 unspecified atom stereocenters. The molecule has 2 saturated heterocycles. The van der Waals surface area contributed by atoms with Crippen molar-refractivity contribution in [2.75, 3.05) is 6.61 Å². The lowest BCUT2D eigenvalue weighted by atomic mass is 9.95. The Morgan fingerprint density at radius 2 is 0.778 bits per heavy atom. The average Bonchev–Trinajstić information content (AvgIpc) is 2.87. The minimum absolute atomic E-state index is 0.682. The lowest BCUT2D eigenvalue weighted by Crippen LogP contribution is -2.65. The Labute approximate surface area is 257 Å². The Bertz CT molecular complexity index is 1160. The molecule has 0 aromatic carbocycles. The molecule has 0 spiro atoms. The number of hydrogen-bond donors (Lipinski definition) is 0. The summed E-state index contributed by atoms with van der Waals surface area (Å²) in [5.74, 6) is -6.92. The molecular weight excluding hydrogens is 612 g/mol. The molecule has 2 aliphatic rings. The molecule has 0 saturated carbocycles. The number of carbonyl (C=O) groups excluding carboxylic acids is 8. The summed E-state index contributed by atoms with van der Waals surface area (Å²) in [4.78, 5) is 96.3. The first-order chi connectivity index (χ1) is 20.9. The summed E-state index contributed by atoms with van der Waals surface area (Å²) in [6.07, 6.45) is -16.0. The first-order valence-corrected chi connectivity index (χ1v) is 13.5. The van der Waals surface area contributed by atoms with Crippen LogP contribution in [0.4, 0.5) is 0 Å². The Kier molecular flexibility index (Phi) is 13.4. The second kappa shape index (κ2) is 16.2. The van der Waals surface area contributed by atoms with Gasteiger partial charge in [0.15, 0.2) is 48.7 Å². The summed E-state index contributed by atoms with van der Waals surface area (Å²) >= 11 is 0. The summed E-state index contributed by atoms with van der Waals surface area (Å²) in [7, 11) is 0. The lowest BCUT2D eigenvalue weighted by molar-refractivity contribution is -0.325. The smallest absolute Gasteiger partial charge is 0.305 e. The van der Waals surface area contributed by atoms with Crippen molar-refractivity contribution in [2.45, 2.75) is 117 Å². The highest BCUT2D eigenvalue weighted by atomic mass is 16.8. The summed E-state index contributed by atoms with van der Waals surface area (Å²) in [6.45, 7) is 7.58. The molecule has 2 fully saturated rings. The fourth-order valence-corrected chi connectivity index (χ4v) is 4.67. The average molecular weight is 649 g/mol. The van der Waals surface area contributed by atoms with Gasteiger partial charge in [-0.25, -0.2) is 0 Å². The van der Waals surface area contributed by atoms with Gasteiger partial charge in [0.2, 0.25) is 12.4 Å². The van der Waals surface area contributed by atoms with Crippen LogP contribution in [0.5, 0.6) is 0 Å². The minimum Gasteiger partial charge on any atom is -0.456 e. The van der Waals surface area contributed by atoms with Crippen molar-refractivity contribution in [2.24, 2.45) is 0 Å². The van der Waals surface area contributed by atoms with Crippen molar-refractivity contribution >= 4 is 47.6 Å². The summed E-state index contributed by atoms with van der Waals surface area (Å²) in [6, 6.07) is 0. The van der Waals surface area contributed by atoms with Crippen LogP contribution in [-0.2, 0) is 85.7 Å². The van der Waals surface area contributed by atoms with Gasteiger partial charge < -0.3 is 47.4 Å². The zero-order valence-electron chi connectivity index (χ0n) is 25.8. The van der Waals surface area contributed by atoms with E-state index in [1.807, 2.05) is 0 Å². The van der Waals surface area contributed by atoms with E-state index in [1.54, 1.807) is 0 Å². The van der Waals surface area contributed by atoms with Gasteiger partial charge in [-0.2, -0.15) is 0 Å². The van der Waals surface area contributed by atoms with Crippen LogP contribution in [-0.4, -0.2) is 116 Å². The number of carbonyl (C=O) groups is 8. The topological polar surface area (TPSA) is 229 Å². The van der Waals surface area contributed by atoms with Crippen LogP contribution in [0.15, 0.2) is 0 Å². The third kappa shape index (κ3) is 10.8. The molecule has 18 heteroatoms. The van der Waals surface area contributed by atoms with Gasteiger partial charge in [0.05, 0.1) is 6.61 Å². The molecule has 0 aromatic rings. The van der Waals surface area contributed by atoms with Gasteiger partial charge >= 0.3 is 41.8 Å². The van der Waals surface area contributed by atoms with Crippen molar-refractivity contribution in [1.29, 1.82) is 0 Å². The standard InChI is InChI=1S/C27H36O18/c1-10(28)19-21(38-12(3)30)23(40-14(5)32)24(41-15(6)33)26(45-19)36-9-18-20(37-11(2)29)22(39-13(4)31)25(42-16(7)34)27(44-18)43-17(8)35/h18-27H,9H2,1-8H3/t18-,19?,20?,21-,22?,23+,24-,25-,26?,27-/m1/s1. The normalized spacial score (nSPS) is 30.9. The van der Waals surface area contributed by atoms with Crippen molar-refractivity contribution in [3.8, 4) is 0 Å². The highest BCUT2D eigenvalue weighted by molar-refractivity contribution is 5.82. The molecule has 18 nitrogen and oxygen atoms in total. The zero-order chi connectivity index (χ0) is 34.2. The van der Waals surface area contributed by atoms with E-state index in [2.05, 4.69) is 0 Å². The van der Waals surface area contributed by atoms with Crippen molar-refractivity contribution < 1.29 is 85.7 Å². The van der Waals surface area contributed by atoms with E-state index < -0.39 is 116 Å². The van der Waals surface area contributed by atoms with Gasteiger partial charge in [-0.15, -0.1) is 0 Å². The van der Waals surface area contributed by atoms with Crippen LogP contribution in [0.1, 0.15) is 55.4 Å². The second-order valence-corrected chi connectivity index (χ2v) is 9.97. The molecule has 0 aromatic heterocycles. The van der Waals surface area contributed by atoms with E-state index in [0.29, 0.717) is 0 Å². The molecule has 252 valence electrons. The maximum atomic E-state index is 12.6. The zero-order valence-corrected chi connectivity index (χ0v) is 25.8. The van der Waals surface area contributed by atoms with Crippen LogP contribution in [0.25, 0.3) is 0 Å². The molecule has 2 heterocycles. The first kappa shape index (κ1) is 37.0. The number of hydrogen-bond acceptors (Lipinski definition) is 18. The van der Waals surface area contributed by atoms with Gasteiger partial charge in [0.1, 0.15) is 6.10 Å². The predicted octanol–water partition coefficient (Wildman–Crippen LogP) is -0.805. The molecule has 0 N–H and O–H groups in total. The van der Waals surface area contributed by atoms with E-state index in [-0.39, 0.29) is 0 Å². The highest BCUT2D eigenvalue weighted by Crippen LogP contribution is 2.33.